The molecule has 0 aliphatic carbocycles. The Morgan fingerprint density at radius 3 is 2.11 bits per heavy atom. The standard InChI is InChI=1S/C23H20N2O2/c1-16-22(15-17-3-9-21(26-2)10-4-17)25-23(27-16)20-7-5-18(6-8-20)19-11-13-24-14-12-19/h3-14H,15H2,1-2H3. The molecule has 4 heteroatoms. The van der Waals surface area contributed by atoms with Gasteiger partial charge in [0, 0.05) is 24.4 Å². The van der Waals surface area contributed by atoms with Crippen molar-refractivity contribution in [3.8, 4) is 28.3 Å². The maximum Gasteiger partial charge on any atom is 0.226 e. The lowest BCUT2D eigenvalue weighted by Gasteiger charge is -2.02. The van der Waals surface area contributed by atoms with Crippen molar-refractivity contribution in [3.05, 3.63) is 90.1 Å². The lowest BCUT2D eigenvalue weighted by Crippen LogP contribution is -1.91. The Morgan fingerprint density at radius 2 is 1.44 bits per heavy atom. The molecule has 0 aliphatic rings. The van der Waals surface area contributed by atoms with Crippen LogP contribution in [-0.2, 0) is 6.42 Å². The van der Waals surface area contributed by atoms with Gasteiger partial charge in [-0.3, -0.25) is 4.98 Å². The number of hydrogen-bond acceptors (Lipinski definition) is 4. The summed E-state index contributed by atoms with van der Waals surface area (Å²) in [5.41, 5.74) is 5.38. The van der Waals surface area contributed by atoms with Gasteiger partial charge in [0.05, 0.1) is 12.8 Å². The van der Waals surface area contributed by atoms with Gasteiger partial charge in [-0.1, -0.05) is 24.3 Å². The zero-order valence-corrected chi connectivity index (χ0v) is 15.3. The summed E-state index contributed by atoms with van der Waals surface area (Å²) in [6.45, 7) is 1.96. The van der Waals surface area contributed by atoms with Crippen LogP contribution in [0.4, 0.5) is 0 Å². The first-order valence-electron chi connectivity index (χ1n) is 8.83. The van der Waals surface area contributed by atoms with E-state index in [4.69, 9.17) is 14.1 Å². The van der Waals surface area contributed by atoms with E-state index in [1.165, 1.54) is 5.56 Å². The van der Waals surface area contributed by atoms with E-state index in [0.717, 1.165) is 40.3 Å². The van der Waals surface area contributed by atoms with Crippen molar-refractivity contribution in [2.45, 2.75) is 13.3 Å². The van der Waals surface area contributed by atoms with E-state index in [1.807, 2.05) is 43.3 Å². The highest BCUT2D eigenvalue weighted by Crippen LogP contribution is 2.26. The molecule has 0 bridgehead atoms. The van der Waals surface area contributed by atoms with Crippen LogP contribution in [0.5, 0.6) is 5.75 Å². The molecule has 4 rings (SSSR count). The van der Waals surface area contributed by atoms with Crippen molar-refractivity contribution >= 4 is 0 Å². The predicted molar refractivity (Wildman–Crippen MR) is 106 cm³/mol. The number of hydrogen-bond donors (Lipinski definition) is 0. The Morgan fingerprint density at radius 1 is 0.815 bits per heavy atom. The predicted octanol–water partition coefficient (Wildman–Crippen LogP) is 5.31. The molecule has 0 atom stereocenters. The zero-order chi connectivity index (χ0) is 18.6. The number of pyridine rings is 1. The molecule has 27 heavy (non-hydrogen) atoms. The molecular weight excluding hydrogens is 336 g/mol. The lowest BCUT2D eigenvalue weighted by molar-refractivity contribution is 0.414. The normalized spacial score (nSPS) is 10.7. The minimum absolute atomic E-state index is 0.650. The third kappa shape index (κ3) is 3.75. The third-order valence-electron chi connectivity index (χ3n) is 4.57. The molecule has 0 amide bonds. The van der Waals surface area contributed by atoms with Crippen molar-refractivity contribution < 1.29 is 9.15 Å². The first-order valence-corrected chi connectivity index (χ1v) is 8.83. The van der Waals surface area contributed by atoms with E-state index in [-0.39, 0.29) is 0 Å². The average molecular weight is 356 g/mol. The molecule has 2 aromatic heterocycles. The van der Waals surface area contributed by atoms with Crippen molar-refractivity contribution in [2.75, 3.05) is 7.11 Å². The topological polar surface area (TPSA) is 48.2 Å². The van der Waals surface area contributed by atoms with Crippen LogP contribution in [0, 0.1) is 6.92 Å². The fourth-order valence-corrected chi connectivity index (χ4v) is 3.00. The molecule has 4 aromatic rings. The Kier molecular flexibility index (Phi) is 4.71. The SMILES string of the molecule is COc1ccc(Cc2nc(-c3ccc(-c4ccncc4)cc3)oc2C)cc1. The van der Waals surface area contributed by atoms with Crippen LogP contribution < -0.4 is 4.74 Å². The molecule has 0 radical (unpaired) electrons. The number of benzene rings is 2. The van der Waals surface area contributed by atoms with Gasteiger partial charge in [-0.05, 0) is 60.0 Å². The van der Waals surface area contributed by atoms with E-state index < -0.39 is 0 Å². The van der Waals surface area contributed by atoms with E-state index in [9.17, 15) is 0 Å². The molecule has 0 unspecified atom stereocenters. The van der Waals surface area contributed by atoms with E-state index in [0.29, 0.717) is 5.89 Å². The van der Waals surface area contributed by atoms with Crippen LogP contribution in [0.25, 0.3) is 22.6 Å². The minimum Gasteiger partial charge on any atom is -0.497 e. The largest absolute Gasteiger partial charge is 0.497 e. The summed E-state index contributed by atoms with van der Waals surface area (Å²) >= 11 is 0. The molecular formula is C23H20N2O2. The lowest BCUT2D eigenvalue weighted by atomic mass is 10.1. The van der Waals surface area contributed by atoms with Crippen LogP contribution in [0.2, 0.25) is 0 Å². The van der Waals surface area contributed by atoms with Crippen LogP contribution in [0.3, 0.4) is 0 Å². The molecule has 0 saturated carbocycles. The second-order valence-electron chi connectivity index (χ2n) is 6.36. The second kappa shape index (κ2) is 7.46. The molecule has 2 aromatic carbocycles. The van der Waals surface area contributed by atoms with E-state index in [2.05, 4.69) is 29.2 Å². The first kappa shape index (κ1) is 17.0. The quantitative estimate of drug-likeness (QED) is 0.486. The number of methoxy groups -OCH3 is 1. The van der Waals surface area contributed by atoms with Gasteiger partial charge >= 0.3 is 0 Å². The smallest absolute Gasteiger partial charge is 0.226 e. The number of aromatic nitrogens is 2. The highest BCUT2D eigenvalue weighted by Gasteiger charge is 2.12. The summed E-state index contributed by atoms with van der Waals surface area (Å²) in [6.07, 6.45) is 4.33. The summed E-state index contributed by atoms with van der Waals surface area (Å²) < 4.78 is 11.1. The number of rotatable bonds is 5. The van der Waals surface area contributed by atoms with Crippen molar-refractivity contribution in [1.29, 1.82) is 0 Å². The van der Waals surface area contributed by atoms with Crippen molar-refractivity contribution in [2.24, 2.45) is 0 Å². The van der Waals surface area contributed by atoms with Crippen LogP contribution >= 0.6 is 0 Å². The fraction of sp³-hybridized carbons (Fsp3) is 0.130. The number of ether oxygens (including phenoxy) is 1. The third-order valence-corrected chi connectivity index (χ3v) is 4.57. The summed E-state index contributed by atoms with van der Waals surface area (Å²) in [6, 6.07) is 20.3. The van der Waals surface area contributed by atoms with Gasteiger partial charge in [-0.25, -0.2) is 4.98 Å². The van der Waals surface area contributed by atoms with Crippen LogP contribution in [-0.4, -0.2) is 17.1 Å². The van der Waals surface area contributed by atoms with Gasteiger partial charge in [0.15, 0.2) is 0 Å². The van der Waals surface area contributed by atoms with Gasteiger partial charge in [0.25, 0.3) is 0 Å². The van der Waals surface area contributed by atoms with Crippen molar-refractivity contribution in [1.82, 2.24) is 9.97 Å². The zero-order valence-electron chi connectivity index (χ0n) is 15.3. The highest BCUT2D eigenvalue weighted by molar-refractivity contribution is 5.67. The Bertz CT molecular complexity index is 1020. The van der Waals surface area contributed by atoms with E-state index >= 15 is 0 Å². The second-order valence-corrected chi connectivity index (χ2v) is 6.36. The molecule has 0 aliphatic heterocycles. The summed E-state index contributed by atoms with van der Waals surface area (Å²) in [5.74, 6) is 2.35. The fourth-order valence-electron chi connectivity index (χ4n) is 3.00. The summed E-state index contributed by atoms with van der Waals surface area (Å²) in [5, 5.41) is 0. The van der Waals surface area contributed by atoms with Gasteiger partial charge in [0.1, 0.15) is 11.5 Å². The highest BCUT2D eigenvalue weighted by atomic mass is 16.5. The molecule has 2 heterocycles. The summed E-state index contributed by atoms with van der Waals surface area (Å²) in [7, 11) is 1.67. The van der Waals surface area contributed by atoms with Crippen molar-refractivity contribution in [3.63, 3.8) is 0 Å². The van der Waals surface area contributed by atoms with E-state index in [1.54, 1.807) is 19.5 Å². The molecule has 0 N–H and O–H groups in total. The van der Waals surface area contributed by atoms with Gasteiger partial charge in [-0.2, -0.15) is 0 Å². The first-order chi connectivity index (χ1) is 13.2. The van der Waals surface area contributed by atoms with Gasteiger partial charge in [-0.15, -0.1) is 0 Å². The molecule has 0 spiro atoms. The number of oxazole rings is 1. The molecule has 0 saturated heterocycles. The Labute approximate surface area is 158 Å². The van der Waals surface area contributed by atoms with Gasteiger partial charge < -0.3 is 9.15 Å². The van der Waals surface area contributed by atoms with Crippen LogP contribution in [0.15, 0.2) is 77.5 Å². The monoisotopic (exact) mass is 356 g/mol. The Hall–Kier alpha value is -3.40. The maximum atomic E-state index is 5.92. The molecule has 0 fully saturated rings. The van der Waals surface area contributed by atoms with Crippen LogP contribution in [0.1, 0.15) is 17.0 Å². The number of aryl methyl sites for hydroxylation is 1. The minimum atomic E-state index is 0.650. The summed E-state index contributed by atoms with van der Waals surface area (Å²) in [4.78, 5) is 8.77. The van der Waals surface area contributed by atoms with Gasteiger partial charge in [0.2, 0.25) is 5.89 Å². The molecule has 134 valence electrons. The molecule has 4 nitrogen and oxygen atoms in total. The number of nitrogens with zero attached hydrogens (tertiary/aromatic N) is 2. The Balaban J connectivity index is 1.55. The maximum absolute atomic E-state index is 5.92. The average Bonchev–Trinajstić information content (AvgIpc) is 3.10.